The molecule has 0 unspecified atom stereocenters. The van der Waals surface area contributed by atoms with E-state index in [2.05, 4.69) is 29.7 Å². The number of nitrogens with zero attached hydrogens (tertiary/aromatic N) is 1. The molecule has 0 saturated carbocycles. The lowest BCUT2D eigenvalue weighted by atomic mass is 10.2. The Morgan fingerprint density at radius 3 is 2.89 bits per heavy atom. The van der Waals surface area contributed by atoms with Gasteiger partial charge in [-0.3, -0.25) is 5.43 Å². The fourth-order valence-electron chi connectivity index (χ4n) is 1.60. The van der Waals surface area contributed by atoms with Gasteiger partial charge in [0.25, 0.3) is 0 Å². The van der Waals surface area contributed by atoms with Crippen LogP contribution in [0.4, 0.5) is 0 Å². The zero-order chi connectivity index (χ0) is 13.9. The van der Waals surface area contributed by atoms with Crippen molar-refractivity contribution in [3.05, 3.63) is 29.8 Å². The number of hydrogen-bond donors (Lipinski definition) is 2. The van der Waals surface area contributed by atoms with Crippen molar-refractivity contribution in [1.82, 2.24) is 5.43 Å². The third-order valence-electron chi connectivity index (χ3n) is 2.55. The third-order valence-corrected chi connectivity index (χ3v) is 2.64. The fraction of sp³-hybridized carbons (Fsp3) is 0.429. The van der Waals surface area contributed by atoms with E-state index >= 15 is 0 Å². The van der Waals surface area contributed by atoms with Crippen LogP contribution in [-0.4, -0.2) is 17.9 Å². The number of ether oxygens (including phenoxy) is 1. The lowest BCUT2D eigenvalue weighted by Crippen LogP contribution is -2.24. The molecule has 0 aromatic heterocycles. The summed E-state index contributed by atoms with van der Waals surface area (Å²) in [4.78, 5) is 0. The van der Waals surface area contributed by atoms with Gasteiger partial charge in [0.2, 0.25) is 0 Å². The lowest BCUT2D eigenvalue weighted by Gasteiger charge is -2.08. The van der Waals surface area contributed by atoms with Crippen LogP contribution in [0.3, 0.4) is 0 Å². The van der Waals surface area contributed by atoms with Crippen molar-refractivity contribution >= 4 is 23.5 Å². The van der Waals surface area contributed by atoms with E-state index in [0.29, 0.717) is 0 Å². The summed E-state index contributed by atoms with van der Waals surface area (Å²) >= 11 is 4.68. The molecular weight excluding hydrogens is 258 g/mol. The monoisotopic (exact) mass is 279 g/mol. The van der Waals surface area contributed by atoms with Crippen molar-refractivity contribution < 1.29 is 4.74 Å². The number of nitrogens with one attached hydrogen (secondary N) is 1. The Kier molecular flexibility index (Phi) is 7.58. The number of thiocarbonyl (C=S) groups is 1. The number of para-hydroxylation sites is 1. The zero-order valence-electron chi connectivity index (χ0n) is 11.3. The van der Waals surface area contributed by atoms with Crippen molar-refractivity contribution in [2.24, 2.45) is 10.8 Å². The Balaban J connectivity index is 2.48. The Bertz CT molecular complexity index is 421. The molecule has 104 valence electrons. The first kappa shape index (κ1) is 15.4. The number of rotatable bonds is 8. The van der Waals surface area contributed by atoms with E-state index in [9.17, 15) is 0 Å². The molecule has 0 bridgehead atoms. The summed E-state index contributed by atoms with van der Waals surface area (Å²) in [5, 5.41) is 4.09. The Morgan fingerprint density at radius 1 is 1.37 bits per heavy atom. The van der Waals surface area contributed by atoms with Crippen LogP contribution in [0, 0.1) is 0 Å². The average molecular weight is 279 g/mol. The second-order valence-electron chi connectivity index (χ2n) is 4.18. The van der Waals surface area contributed by atoms with Crippen LogP contribution < -0.4 is 15.9 Å². The molecule has 0 fully saturated rings. The fourth-order valence-corrected chi connectivity index (χ4v) is 1.65. The standard InChI is InChI=1S/C14H21N3OS/c1-2-3-4-7-10-18-13-9-6-5-8-12(13)11-16-17-14(15)19/h5-6,8-9,11H,2-4,7,10H2,1H3,(H3,15,17,19). The number of unbranched alkanes of at least 4 members (excludes halogenated alkanes) is 3. The average Bonchev–Trinajstić information content (AvgIpc) is 2.40. The highest BCUT2D eigenvalue weighted by Crippen LogP contribution is 2.16. The summed E-state index contributed by atoms with van der Waals surface area (Å²) in [6.07, 6.45) is 6.42. The number of hydrazone groups is 1. The molecule has 19 heavy (non-hydrogen) atoms. The minimum Gasteiger partial charge on any atom is -0.493 e. The minimum atomic E-state index is 0.147. The van der Waals surface area contributed by atoms with Gasteiger partial charge in [-0.05, 0) is 30.8 Å². The first-order valence-electron chi connectivity index (χ1n) is 6.54. The molecule has 0 atom stereocenters. The van der Waals surface area contributed by atoms with Gasteiger partial charge in [0.1, 0.15) is 5.75 Å². The molecule has 0 radical (unpaired) electrons. The maximum absolute atomic E-state index is 5.76. The van der Waals surface area contributed by atoms with Gasteiger partial charge in [-0.25, -0.2) is 0 Å². The smallest absolute Gasteiger partial charge is 0.184 e. The molecule has 0 amide bonds. The van der Waals surface area contributed by atoms with E-state index in [-0.39, 0.29) is 5.11 Å². The van der Waals surface area contributed by atoms with Crippen LogP contribution in [-0.2, 0) is 0 Å². The lowest BCUT2D eigenvalue weighted by molar-refractivity contribution is 0.304. The summed E-state index contributed by atoms with van der Waals surface area (Å²) in [6, 6.07) is 7.75. The maximum Gasteiger partial charge on any atom is 0.184 e. The summed E-state index contributed by atoms with van der Waals surface area (Å²) in [5.74, 6) is 0.826. The van der Waals surface area contributed by atoms with Gasteiger partial charge >= 0.3 is 0 Å². The molecule has 5 heteroatoms. The molecule has 1 aromatic rings. The molecular formula is C14H21N3OS. The van der Waals surface area contributed by atoms with E-state index in [1.807, 2.05) is 24.3 Å². The first-order valence-corrected chi connectivity index (χ1v) is 6.95. The number of hydrogen-bond acceptors (Lipinski definition) is 3. The topological polar surface area (TPSA) is 59.6 Å². The van der Waals surface area contributed by atoms with Crippen molar-refractivity contribution in [2.45, 2.75) is 32.6 Å². The third kappa shape index (κ3) is 6.76. The maximum atomic E-state index is 5.76. The molecule has 1 aromatic carbocycles. The summed E-state index contributed by atoms with van der Waals surface area (Å²) < 4.78 is 5.76. The van der Waals surface area contributed by atoms with Crippen molar-refractivity contribution in [2.75, 3.05) is 6.61 Å². The summed E-state index contributed by atoms with van der Waals surface area (Å²) in [6.45, 7) is 2.93. The number of nitrogens with two attached hydrogens (primary N) is 1. The van der Waals surface area contributed by atoms with Crippen molar-refractivity contribution in [3.8, 4) is 5.75 Å². The van der Waals surface area contributed by atoms with E-state index in [1.165, 1.54) is 19.3 Å². The second kappa shape index (κ2) is 9.33. The Morgan fingerprint density at radius 2 is 2.16 bits per heavy atom. The molecule has 0 aliphatic carbocycles. The molecule has 0 heterocycles. The predicted octanol–water partition coefficient (Wildman–Crippen LogP) is 2.81. The highest BCUT2D eigenvalue weighted by Gasteiger charge is 2.00. The van der Waals surface area contributed by atoms with Crippen LogP contribution in [0.2, 0.25) is 0 Å². The normalized spacial score (nSPS) is 10.6. The van der Waals surface area contributed by atoms with E-state index in [0.717, 1.165) is 24.3 Å². The highest BCUT2D eigenvalue weighted by atomic mass is 32.1. The second-order valence-corrected chi connectivity index (χ2v) is 4.62. The summed E-state index contributed by atoms with van der Waals surface area (Å²) in [7, 11) is 0. The minimum absolute atomic E-state index is 0.147. The van der Waals surface area contributed by atoms with E-state index in [1.54, 1.807) is 6.21 Å². The highest BCUT2D eigenvalue weighted by molar-refractivity contribution is 7.80. The van der Waals surface area contributed by atoms with Crippen molar-refractivity contribution in [1.29, 1.82) is 0 Å². The molecule has 0 aliphatic heterocycles. The molecule has 0 saturated heterocycles. The van der Waals surface area contributed by atoms with Crippen LogP contribution in [0.5, 0.6) is 5.75 Å². The Hall–Kier alpha value is -1.62. The quantitative estimate of drug-likeness (QED) is 0.332. The van der Waals surface area contributed by atoms with E-state index < -0.39 is 0 Å². The van der Waals surface area contributed by atoms with Crippen molar-refractivity contribution in [3.63, 3.8) is 0 Å². The van der Waals surface area contributed by atoms with Gasteiger partial charge in [-0.15, -0.1) is 0 Å². The first-order chi connectivity index (χ1) is 9.24. The van der Waals surface area contributed by atoms with Crippen LogP contribution >= 0.6 is 12.2 Å². The largest absolute Gasteiger partial charge is 0.493 e. The van der Waals surface area contributed by atoms with E-state index in [4.69, 9.17) is 10.5 Å². The molecule has 0 spiro atoms. The van der Waals surface area contributed by atoms with Crippen LogP contribution in [0.25, 0.3) is 0 Å². The van der Waals surface area contributed by atoms with Gasteiger partial charge in [0.05, 0.1) is 12.8 Å². The zero-order valence-corrected chi connectivity index (χ0v) is 12.1. The van der Waals surface area contributed by atoms with Gasteiger partial charge in [-0.2, -0.15) is 5.10 Å². The SMILES string of the molecule is CCCCCCOc1ccccc1C=NNC(N)=S. The summed E-state index contributed by atoms with van der Waals surface area (Å²) in [5.41, 5.74) is 8.73. The van der Waals surface area contributed by atoms with Crippen LogP contribution in [0.1, 0.15) is 38.2 Å². The van der Waals surface area contributed by atoms with Gasteiger partial charge in [-0.1, -0.05) is 38.3 Å². The van der Waals surface area contributed by atoms with Crippen LogP contribution in [0.15, 0.2) is 29.4 Å². The molecule has 3 N–H and O–H groups in total. The molecule has 4 nitrogen and oxygen atoms in total. The predicted molar refractivity (Wildman–Crippen MR) is 83.6 cm³/mol. The van der Waals surface area contributed by atoms with Gasteiger partial charge < -0.3 is 10.5 Å². The van der Waals surface area contributed by atoms with Gasteiger partial charge in [0.15, 0.2) is 5.11 Å². The molecule has 1 rings (SSSR count). The molecule has 0 aliphatic rings. The van der Waals surface area contributed by atoms with Gasteiger partial charge in [0, 0.05) is 5.56 Å². The Labute approximate surface area is 120 Å². The number of benzene rings is 1.